The second-order valence-corrected chi connectivity index (χ2v) is 8.70. The molecule has 0 radical (unpaired) electrons. The normalized spacial score (nSPS) is 13.0. The zero-order valence-electron chi connectivity index (χ0n) is 17.7. The Morgan fingerprint density at radius 3 is 2.53 bits per heavy atom. The standard InChI is InChI=1S/C27H23FN2OS/c1-19(15-16-20-9-3-2-4-10-20)30-24(26-17-21-11-5-8-14-25(21)31-26)18-32-27(30)29-23-13-7-6-12-22(23)28/h2-14,17-19H,15-16H2,1H3. The van der Waals surface area contributed by atoms with E-state index in [1.54, 1.807) is 18.2 Å². The number of aromatic nitrogens is 1. The molecule has 3 aromatic carbocycles. The Labute approximate surface area is 190 Å². The molecule has 5 heteroatoms. The molecule has 0 aliphatic rings. The van der Waals surface area contributed by atoms with Crippen molar-refractivity contribution >= 4 is 28.0 Å². The molecule has 0 fully saturated rings. The molecule has 0 bridgehead atoms. The molecule has 0 saturated carbocycles. The zero-order chi connectivity index (χ0) is 21.9. The van der Waals surface area contributed by atoms with Crippen molar-refractivity contribution in [3.63, 3.8) is 0 Å². The predicted molar refractivity (Wildman–Crippen MR) is 129 cm³/mol. The number of para-hydroxylation sites is 2. The number of thiazole rings is 1. The number of halogens is 1. The maximum Gasteiger partial charge on any atom is 0.190 e. The van der Waals surface area contributed by atoms with Crippen molar-refractivity contribution in [3.05, 3.63) is 106 Å². The first-order valence-electron chi connectivity index (χ1n) is 10.7. The summed E-state index contributed by atoms with van der Waals surface area (Å²) >= 11 is 1.50. The summed E-state index contributed by atoms with van der Waals surface area (Å²) in [6, 6.07) is 27.3. The van der Waals surface area contributed by atoms with Crippen molar-refractivity contribution in [2.75, 3.05) is 0 Å². The monoisotopic (exact) mass is 442 g/mol. The number of hydrogen-bond donors (Lipinski definition) is 0. The van der Waals surface area contributed by atoms with Crippen LogP contribution in [-0.4, -0.2) is 4.57 Å². The van der Waals surface area contributed by atoms with Crippen LogP contribution in [0.2, 0.25) is 0 Å². The Hall–Kier alpha value is -3.44. The quantitative estimate of drug-likeness (QED) is 0.267. The Bertz CT molecular complexity index is 1380. The molecule has 0 spiro atoms. The fourth-order valence-electron chi connectivity index (χ4n) is 3.91. The van der Waals surface area contributed by atoms with Gasteiger partial charge in [0.1, 0.15) is 17.1 Å². The molecule has 0 aliphatic carbocycles. The largest absolute Gasteiger partial charge is 0.454 e. The van der Waals surface area contributed by atoms with Gasteiger partial charge in [-0.1, -0.05) is 60.7 Å². The van der Waals surface area contributed by atoms with Gasteiger partial charge in [0.05, 0.1) is 5.69 Å². The number of furan rings is 1. The van der Waals surface area contributed by atoms with Crippen molar-refractivity contribution in [2.45, 2.75) is 25.8 Å². The summed E-state index contributed by atoms with van der Waals surface area (Å²) in [4.78, 5) is 5.44. The average molecular weight is 443 g/mol. The first-order valence-corrected chi connectivity index (χ1v) is 11.6. The summed E-state index contributed by atoms with van der Waals surface area (Å²) < 4.78 is 22.7. The molecule has 0 aliphatic heterocycles. The third kappa shape index (κ3) is 4.16. The van der Waals surface area contributed by atoms with Crippen LogP contribution in [0.3, 0.4) is 0 Å². The maximum absolute atomic E-state index is 14.3. The van der Waals surface area contributed by atoms with Crippen LogP contribution in [0.5, 0.6) is 0 Å². The van der Waals surface area contributed by atoms with E-state index in [1.165, 1.54) is 23.0 Å². The van der Waals surface area contributed by atoms with Crippen molar-refractivity contribution < 1.29 is 8.81 Å². The van der Waals surface area contributed by atoms with Crippen LogP contribution in [0.1, 0.15) is 24.9 Å². The van der Waals surface area contributed by atoms with Crippen LogP contribution in [0.4, 0.5) is 10.1 Å². The molecule has 2 aromatic heterocycles. The molecular weight excluding hydrogens is 419 g/mol. The molecule has 5 aromatic rings. The Morgan fingerprint density at radius 1 is 0.969 bits per heavy atom. The average Bonchev–Trinajstić information content (AvgIpc) is 3.44. The van der Waals surface area contributed by atoms with Gasteiger partial charge in [-0.05, 0) is 49.6 Å². The van der Waals surface area contributed by atoms with Crippen LogP contribution in [0.15, 0.2) is 99.7 Å². The van der Waals surface area contributed by atoms with E-state index in [1.807, 2.05) is 30.3 Å². The molecule has 0 amide bonds. The topological polar surface area (TPSA) is 30.4 Å². The minimum absolute atomic E-state index is 0.148. The summed E-state index contributed by atoms with van der Waals surface area (Å²) in [5.74, 6) is 0.471. The van der Waals surface area contributed by atoms with Gasteiger partial charge < -0.3 is 8.98 Å². The molecule has 3 nitrogen and oxygen atoms in total. The lowest BCUT2D eigenvalue weighted by Crippen LogP contribution is -2.20. The number of fused-ring (bicyclic) bond motifs is 1. The lowest BCUT2D eigenvalue weighted by atomic mass is 10.1. The van der Waals surface area contributed by atoms with Gasteiger partial charge in [-0.25, -0.2) is 9.38 Å². The molecule has 32 heavy (non-hydrogen) atoms. The highest BCUT2D eigenvalue weighted by molar-refractivity contribution is 7.07. The van der Waals surface area contributed by atoms with E-state index in [2.05, 4.69) is 52.2 Å². The van der Waals surface area contributed by atoms with Crippen molar-refractivity contribution in [1.82, 2.24) is 4.57 Å². The van der Waals surface area contributed by atoms with Crippen molar-refractivity contribution in [3.8, 4) is 11.5 Å². The first-order chi connectivity index (χ1) is 15.7. The van der Waals surface area contributed by atoms with Gasteiger partial charge in [0.15, 0.2) is 10.6 Å². The maximum atomic E-state index is 14.3. The molecule has 1 unspecified atom stereocenters. The van der Waals surface area contributed by atoms with Crippen LogP contribution < -0.4 is 4.80 Å². The fourth-order valence-corrected chi connectivity index (χ4v) is 4.90. The van der Waals surface area contributed by atoms with Gasteiger partial charge in [0.2, 0.25) is 0 Å². The summed E-state index contributed by atoms with van der Waals surface area (Å²) in [5, 5.41) is 3.11. The van der Waals surface area contributed by atoms with Gasteiger partial charge in [-0.2, -0.15) is 0 Å². The number of hydrogen-bond acceptors (Lipinski definition) is 3. The lowest BCUT2D eigenvalue weighted by Gasteiger charge is -2.16. The number of benzene rings is 3. The van der Waals surface area contributed by atoms with E-state index >= 15 is 0 Å². The Kier molecular flexibility index (Phi) is 5.73. The minimum atomic E-state index is -0.324. The van der Waals surface area contributed by atoms with Crippen LogP contribution in [0, 0.1) is 5.82 Å². The summed E-state index contributed by atoms with van der Waals surface area (Å²) in [5.41, 5.74) is 3.45. The smallest absolute Gasteiger partial charge is 0.190 e. The number of rotatable bonds is 6. The highest BCUT2D eigenvalue weighted by Crippen LogP contribution is 2.31. The van der Waals surface area contributed by atoms with Crippen molar-refractivity contribution in [1.29, 1.82) is 0 Å². The van der Waals surface area contributed by atoms with Crippen LogP contribution in [-0.2, 0) is 6.42 Å². The summed E-state index contributed by atoms with van der Waals surface area (Å²) in [7, 11) is 0. The van der Waals surface area contributed by atoms with E-state index < -0.39 is 0 Å². The number of aryl methyl sites for hydroxylation is 1. The van der Waals surface area contributed by atoms with E-state index in [-0.39, 0.29) is 11.9 Å². The Balaban J connectivity index is 1.59. The van der Waals surface area contributed by atoms with Gasteiger partial charge in [0.25, 0.3) is 0 Å². The van der Waals surface area contributed by atoms with Gasteiger partial charge >= 0.3 is 0 Å². The van der Waals surface area contributed by atoms with Gasteiger partial charge in [-0.15, -0.1) is 11.3 Å². The minimum Gasteiger partial charge on any atom is -0.454 e. The molecule has 5 rings (SSSR count). The molecule has 0 saturated heterocycles. The highest BCUT2D eigenvalue weighted by atomic mass is 32.1. The molecule has 2 heterocycles. The first kappa shape index (κ1) is 20.5. The van der Waals surface area contributed by atoms with Crippen LogP contribution >= 0.6 is 11.3 Å². The predicted octanol–water partition coefficient (Wildman–Crippen LogP) is 7.53. The van der Waals surface area contributed by atoms with Crippen molar-refractivity contribution in [2.24, 2.45) is 4.99 Å². The van der Waals surface area contributed by atoms with E-state index in [0.717, 1.165) is 40.1 Å². The molecule has 160 valence electrons. The summed E-state index contributed by atoms with van der Waals surface area (Å²) in [6.45, 7) is 2.18. The number of nitrogens with zero attached hydrogens (tertiary/aromatic N) is 2. The van der Waals surface area contributed by atoms with E-state index in [4.69, 9.17) is 4.42 Å². The van der Waals surface area contributed by atoms with Gasteiger partial charge in [-0.3, -0.25) is 0 Å². The molecule has 0 N–H and O–H groups in total. The van der Waals surface area contributed by atoms with E-state index in [9.17, 15) is 4.39 Å². The highest BCUT2D eigenvalue weighted by Gasteiger charge is 2.18. The second-order valence-electron chi connectivity index (χ2n) is 7.86. The van der Waals surface area contributed by atoms with Crippen LogP contribution in [0.25, 0.3) is 22.4 Å². The SMILES string of the molecule is CC(CCc1ccccc1)n1c(-c2cc3ccccc3o2)csc1=Nc1ccccc1F. The lowest BCUT2D eigenvalue weighted by molar-refractivity contribution is 0.493. The van der Waals surface area contributed by atoms with Gasteiger partial charge in [0, 0.05) is 16.8 Å². The summed E-state index contributed by atoms with van der Waals surface area (Å²) in [6.07, 6.45) is 1.88. The fraction of sp³-hybridized carbons (Fsp3) is 0.148. The third-order valence-electron chi connectivity index (χ3n) is 5.62. The Morgan fingerprint density at radius 2 is 1.72 bits per heavy atom. The second kappa shape index (κ2) is 8.97. The molecule has 1 atom stereocenters. The van der Waals surface area contributed by atoms with E-state index in [0.29, 0.717) is 5.69 Å². The zero-order valence-corrected chi connectivity index (χ0v) is 18.6. The molecular formula is C27H23FN2OS. The third-order valence-corrected chi connectivity index (χ3v) is 6.46.